The van der Waals surface area contributed by atoms with E-state index in [9.17, 15) is 18.0 Å². The summed E-state index contributed by atoms with van der Waals surface area (Å²) in [7, 11) is 0. The number of hydrogen-bond donors (Lipinski definition) is 2. The molecule has 100 valence electrons. The Balaban J connectivity index is 2.52. The van der Waals surface area contributed by atoms with Crippen LogP contribution >= 0.6 is 0 Å². The maximum absolute atomic E-state index is 11.9. The van der Waals surface area contributed by atoms with Crippen molar-refractivity contribution < 1.29 is 27.4 Å². The van der Waals surface area contributed by atoms with Gasteiger partial charge in [-0.3, -0.25) is 5.32 Å². The third-order valence-electron chi connectivity index (χ3n) is 1.69. The topological polar surface area (TPSA) is 73.6 Å². The van der Waals surface area contributed by atoms with Crippen LogP contribution < -0.4 is 15.8 Å². The number of anilines is 1. The van der Waals surface area contributed by atoms with Gasteiger partial charge in [0.25, 0.3) is 0 Å². The van der Waals surface area contributed by atoms with Crippen LogP contribution in [0.5, 0.6) is 5.75 Å². The maximum atomic E-state index is 11.9. The van der Waals surface area contributed by atoms with Crippen molar-refractivity contribution in [1.29, 1.82) is 0 Å². The highest BCUT2D eigenvalue weighted by Gasteiger charge is 2.30. The molecule has 0 aliphatic carbocycles. The molecule has 0 bridgehead atoms. The van der Waals surface area contributed by atoms with Crippen molar-refractivity contribution in [3.05, 3.63) is 24.3 Å². The lowest BCUT2D eigenvalue weighted by Crippen LogP contribution is -2.19. The van der Waals surface area contributed by atoms with Crippen LogP contribution in [0.25, 0.3) is 0 Å². The molecule has 0 atom stereocenters. The predicted molar refractivity (Wildman–Crippen MR) is 57.2 cm³/mol. The van der Waals surface area contributed by atoms with Crippen LogP contribution in [0.15, 0.2) is 24.3 Å². The number of benzene rings is 1. The summed E-state index contributed by atoms with van der Waals surface area (Å²) in [5.74, 6) is -0.372. The van der Waals surface area contributed by atoms with Gasteiger partial charge in [-0.05, 0) is 24.3 Å². The van der Waals surface area contributed by atoms with Gasteiger partial charge in [0.05, 0.1) is 0 Å². The molecule has 0 heterocycles. The van der Waals surface area contributed by atoms with E-state index < -0.39 is 12.5 Å². The molecule has 3 N–H and O–H groups in total. The number of rotatable bonds is 4. The maximum Gasteiger partial charge on any atom is 0.573 e. The number of nitrogens with one attached hydrogen (secondary N) is 1. The summed E-state index contributed by atoms with van der Waals surface area (Å²) in [4.78, 5) is 11.1. The lowest BCUT2D eigenvalue weighted by molar-refractivity contribution is -0.274. The summed E-state index contributed by atoms with van der Waals surface area (Å²) >= 11 is 0. The molecular weight excluding hydrogens is 253 g/mol. The number of halogens is 3. The Morgan fingerprint density at radius 1 is 1.28 bits per heavy atom. The zero-order valence-electron chi connectivity index (χ0n) is 9.16. The first kappa shape index (κ1) is 14.1. The molecule has 0 aliphatic heterocycles. The van der Waals surface area contributed by atoms with Gasteiger partial charge >= 0.3 is 12.5 Å². The Labute approximate surface area is 101 Å². The molecule has 0 saturated carbocycles. The first-order valence-electron chi connectivity index (χ1n) is 4.90. The summed E-state index contributed by atoms with van der Waals surface area (Å²) in [5, 5.41) is 2.31. The second-order valence-corrected chi connectivity index (χ2v) is 3.12. The van der Waals surface area contributed by atoms with Gasteiger partial charge in [-0.15, -0.1) is 13.2 Å². The highest BCUT2D eigenvalue weighted by molar-refractivity contribution is 5.84. The van der Waals surface area contributed by atoms with E-state index in [0.29, 0.717) is 0 Å². The van der Waals surface area contributed by atoms with Gasteiger partial charge in [-0.2, -0.15) is 0 Å². The van der Waals surface area contributed by atoms with Crippen molar-refractivity contribution in [2.75, 3.05) is 18.5 Å². The summed E-state index contributed by atoms with van der Waals surface area (Å²) in [5.41, 5.74) is 5.40. The van der Waals surface area contributed by atoms with E-state index in [1.165, 1.54) is 12.1 Å². The van der Waals surface area contributed by atoms with E-state index in [1.54, 1.807) is 0 Å². The fourth-order valence-corrected chi connectivity index (χ4v) is 1.05. The summed E-state index contributed by atoms with van der Waals surface area (Å²) < 4.78 is 43.9. The second kappa shape index (κ2) is 6.10. The first-order chi connectivity index (χ1) is 8.40. The Hall–Kier alpha value is -1.96. The molecule has 8 heteroatoms. The molecule has 0 aromatic heterocycles. The summed E-state index contributed by atoms with van der Waals surface area (Å²) in [6, 6.07) is 4.66. The van der Waals surface area contributed by atoms with E-state index in [2.05, 4.69) is 14.8 Å². The van der Waals surface area contributed by atoms with Crippen molar-refractivity contribution in [2.45, 2.75) is 6.36 Å². The van der Waals surface area contributed by atoms with Crippen molar-refractivity contribution in [1.82, 2.24) is 0 Å². The Morgan fingerprint density at radius 3 is 2.39 bits per heavy atom. The van der Waals surface area contributed by atoms with E-state index in [-0.39, 0.29) is 24.6 Å². The normalized spacial score (nSPS) is 10.9. The minimum Gasteiger partial charge on any atom is -0.448 e. The number of carbonyl (C=O) groups is 1. The van der Waals surface area contributed by atoms with E-state index in [1.807, 2.05) is 0 Å². The lowest BCUT2D eigenvalue weighted by Gasteiger charge is -2.10. The number of amides is 1. The molecule has 0 unspecified atom stereocenters. The first-order valence-corrected chi connectivity index (χ1v) is 4.90. The van der Waals surface area contributed by atoms with Crippen LogP contribution in [0.2, 0.25) is 0 Å². The van der Waals surface area contributed by atoms with E-state index in [4.69, 9.17) is 5.73 Å². The van der Waals surface area contributed by atoms with E-state index in [0.717, 1.165) is 12.1 Å². The average molecular weight is 264 g/mol. The molecule has 0 radical (unpaired) electrons. The second-order valence-electron chi connectivity index (χ2n) is 3.12. The van der Waals surface area contributed by atoms with Crippen LogP contribution in [-0.2, 0) is 4.74 Å². The molecule has 0 spiro atoms. The minimum atomic E-state index is -4.74. The fraction of sp³-hybridized carbons (Fsp3) is 0.300. The standard InChI is InChI=1S/C10H11F3N2O3/c11-10(12,13)18-8-3-1-7(2-4-8)15-9(16)17-6-5-14/h1-4H,5-6,14H2,(H,15,16). The summed E-state index contributed by atoms with van der Waals surface area (Å²) in [6.45, 7) is 0.243. The number of nitrogens with two attached hydrogens (primary N) is 1. The highest BCUT2D eigenvalue weighted by Crippen LogP contribution is 2.23. The molecule has 5 nitrogen and oxygen atoms in total. The highest BCUT2D eigenvalue weighted by atomic mass is 19.4. The van der Waals surface area contributed by atoms with Gasteiger partial charge < -0.3 is 15.2 Å². The predicted octanol–water partition coefficient (Wildman–Crippen LogP) is 2.09. The van der Waals surface area contributed by atoms with Crippen LogP contribution in [0, 0.1) is 0 Å². The van der Waals surface area contributed by atoms with Gasteiger partial charge in [0.2, 0.25) is 0 Å². The molecule has 0 saturated heterocycles. The third-order valence-corrected chi connectivity index (χ3v) is 1.69. The third kappa shape index (κ3) is 5.39. The van der Waals surface area contributed by atoms with Crippen molar-refractivity contribution >= 4 is 11.8 Å². The number of carbonyl (C=O) groups excluding carboxylic acids is 1. The Morgan fingerprint density at radius 2 is 1.89 bits per heavy atom. The molecular formula is C10H11F3N2O3. The van der Waals surface area contributed by atoms with Crippen molar-refractivity contribution in [2.24, 2.45) is 5.73 Å². The van der Waals surface area contributed by atoms with Gasteiger partial charge in [0.15, 0.2) is 0 Å². The zero-order valence-corrected chi connectivity index (χ0v) is 9.16. The van der Waals surface area contributed by atoms with Gasteiger partial charge in [0, 0.05) is 12.2 Å². The Bertz CT molecular complexity index is 392. The molecule has 18 heavy (non-hydrogen) atoms. The van der Waals surface area contributed by atoms with Crippen LogP contribution in [0.4, 0.5) is 23.7 Å². The molecule has 0 fully saturated rings. The summed E-state index contributed by atoms with van der Waals surface area (Å²) in [6.07, 6.45) is -5.47. The Kier molecular flexibility index (Phi) is 4.78. The van der Waals surface area contributed by atoms with Crippen LogP contribution in [-0.4, -0.2) is 25.6 Å². The van der Waals surface area contributed by atoms with Crippen LogP contribution in [0.3, 0.4) is 0 Å². The smallest absolute Gasteiger partial charge is 0.448 e. The monoisotopic (exact) mass is 264 g/mol. The van der Waals surface area contributed by atoms with E-state index >= 15 is 0 Å². The molecule has 1 aromatic rings. The van der Waals surface area contributed by atoms with Crippen LogP contribution in [0.1, 0.15) is 0 Å². The number of alkyl halides is 3. The van der Waals surface area contributed by atoms with Crippen molar-refractivity contribution in [3.63, 3.8) is 0 Å². The lowest BCUT2D eigenvalue weighted by atomic mass is 10.3. The fourth-order valence-electron chi connectivity index (χ4n) is 1.05. The SMILES string of the molecule is NCCOC(=O)Nc1ccc(OC(F)(F)F)cc1. The molecule has 1 rings (SSSR count). The largest absolute Gasteiger partial charge is 0.573 e. The van der Waals surface area contributed by atoms with Gasteiger partial charge in [0.1, 0.15) is 12.4 Å². The molecule has 0 aliphatic rings. The quantitative estimate of drug-likeness (QED) is 0.873. The zero-order chi connectivity index (χ0) is 13.6. The van der Waals surface area contributed by atoms with Gasteiger partial charge in [-0.25, -0.2) is 4.79 Å². The minimum absolute atomic E-state index is 0.0566. The average Bonchev–Trinajstić information content (AvgIpc) is 2.27. The van der Waals surface area contributed by atoms with Gasteiger partial charge in [-0.1, -0.05) is 0 Å². The van der Waals surface area contributed by atoms with Crippen molar-refractivity contribution in [3.8, 4) is 5.75 Å². The number of hydrogen-bond acceptors (Lipinski definition) is 4. The molecule has 1 amide bonds. The number of ether oxygens (including phenoxy) is 2. The molecule has 1 aromatic carbocycles.